The van der Waals surface area contributed by atoms with E-state index < -0.39 is 0 Å². The number of carbonyl (C=O) groups is 1. The Kier molecular flexibility index (Phi) is 6.35. The minimum Gasteiger partial charge on any atom is -0.347 e. The van der Waals surface area contributed by atoms with Crippen molar-refractivity contribution < 1.29 is 9.18 Å². The Labute approximate surface area is 137 Å². The van der Waals surface area contributed by atoms with E-state index in [1.807, 2.05) is 6.26 Å². The molecule has 0 radical (unpaired) electrons. The lowest BCUT2D eigenvalue weighted by Crippen LogP contribution is -2.23. The molecule has 22 heavy (non-hydrogen) atoms. The van der Waals surface area contributed by atoms with E-state index in [4.69, 9.17) is 5.73 Å². The number of carbonyl (C=O) groups excluding carboxylic acids is 1. The fraction of sp³-hybridized carbons (Fsp3) is 0.333. The third kappa shape index (κ3) is 4.79. The fourth-order valence-corrected chi connectivity index (χ4v) is 3.13. The van der Waals surface area contributed by atoms with Gasteiger partial charge in [-0.25, -0.2) is 9.37 Å². The third-order valence-electron chi connectivity index (χ3n) is 3.07. The quantitative estimate of drug-likeness (QED) is 0.814. The summed E-state index contributed by atoms with van der Waals surface area (Å²) >= 11 is 3.14. The topological polar surface area (TPSA) is 68.0 Å². The highest BCUT2D eigenvalue weighted by Crippen LogP contribution is 2.20. The van der Waals surface area contributed by atoms with Crippen molar-refractivity contribution in [2.75, 3.05) is 12.0 Å². The lowest BCUT2D eigenvalue weighted by atomic mass is 10.2. The molecule has 0 saturated carbocycles. The van der Waals surface area contributed by atoms with Crippen LogP contribution in [0.3, 0.4) is 0 Å². The predicted octanol–water partition coefficient (Wildman–Crippen LogP) is 2.97. The number of amides is 1. The van der Waals surface area contributed by atoms with E-state index in [1.54, 1.807) is 29.3 Å². The molecule has 1 aromatic heterocycles. The average Bonchev–Trinajstić information content (AvgIpc) is 3.02. The van der Waals surface area contributed by atoms with Gasteiger partial charge in [0.2, 0.25) is 0 Å². The first-order valence-electron chi connectivity index (χ1n) is 6.82. The van der Waals surface area contributed by atoms with E-state index in [0.29, 0.717) is 12.2 Å². The first-order chi connectivity index (χ1) is 10.6. The Morgan fingerprint density at radius 2 is 2.18 bits per heavy atom. The SMILES string of the molecule is CSCCC(N)c1nc(C(=O)NCc2ccc(F)cc2)cs1. The summed E-state index contributed by atoms with van der Waals surface area (Å²) < 4.78 is 12.8. The number of hydrogen-bond acceptors (Lipinski definition) is 5. The van der Waals surface area contributed by atoms with Gasteiger partial charge in [-0.1, -0.05) is 12.1 Å². The van der Waals surface area contributed by atoms with Crippen LogP contribution in [0, 0.1) is 5.82 Å². The number of nitrogens with two attached hydrogens (primary N) is 1. The van der Waals surface area contributed by atoms with Crippen LogP contribution in [-0.4, -0.2) is 22.9 Å². The molecule has 118 valence electrons. The van der Waals surface area contributed by atoms with E-state index >= 15 is 0 Å². The third-order valence-corrected chi connectivity index (χ3v) is 4.69. The summed E-state index contributed by atoms with van der Waals surface area (Å²) in [4.78, 5) is 16.4. The van der Waals surface area contributed by atoms with Crippen molar-refractivity contribution in [1.29, 1.82) is 0 Å². The molecule has 0 spiro atoms. The van der Waals surface area contributed by atoms with E-state index in [1.165, 1.54) is 23.5 Å². The molecule has 1 heterocycles. The molecular weight excluding hydrogens is 321 g/mol. The van der Waals surface area contributed by atoms with Gasteiger partial charge in [0.05, 0.1) is 6.04 Å². The van der Waals surface area contributed by atoms with Gasteiger partial charge in [0.1, 0.15) is 16.5 Å². The molecule has 0 bridgehead atoms. The van der Waals surface area contributed by atoms with Crippen molar-refractivity contribution in [2.45, 2.75) is 19.0 Å². The monoisotopic (exact) mass is 339 g/mol. The maximum Gasteiger partial charge on any atom is 0.271 e. The molecule has 1 unspecified atom stereocenters. The smallest absolute Gasteiger partial charge is 0.271 e. The summed E-state index contributed by atoms with van der Waals surface area (Å²) in [5.41, 5.74) is 7.25. The number of nitrogens with one attached hydrogen (secondary N) is 1. The number of rotatable bonds is 7. The summed E-state index contributed by atoms with van der Waals surface area (Å²) in [7, 11) is 0. The van der Waals surface area contributed by atoms with Crippen LogP contribution in [0.2, 0.25) is 0 Å². The number of hydrogen-bond donors (Lipinski definition) is 2. The van der Waals surface area contributed by atoms with Gasteiger partial charge in [0.15, 0.2) is 0 Å². The molecule has 1 aromatic carbocycles. The molecule has 0 saturated heterocycles. The second kappa shape index (κ2) is 8.26. The minimum atomic E-state index is -0.293. The first-order valence-corrected chi connectivity index (χ1v) is 9.10. The maximum absolute atomic E-state index is 12.8. The molecule has 3 N–H and O–H groups in total. The Morgan fingerprint density at radius 3 is 2.86 bits per heavy atom. The molecule has 0 aliphatic rings. The summed E-state index contributed by atoms with van der Waals surface area (Å²) in [6, 6.07) is 5.89. The Hall–Kier alpha value is -1.44. The number of thiazole rings is 1. The van der Waals surface area contributed by atoms with E-state index in [9.17, 15) is 9.18 Å². The number of thioether (sulfide) groups is 1. The van der Waals surface area contributed by atoms with E-state index in [0.717, 1.165) is 22.7 Å². The van der Waals surface area contributed by atoms with Crippen LogP contribution in [-0.2, 0) is 6.54 Å². The molecule has 2 aromatic rings. The summed E-state index contributed by atoms with van der Waals surface area (Å²) in [5.74, 6) is 0.426. The van der Waals surface area contributed by atoms with Crippen molar-refractivity contribution in [3.63, 3.8) is 0 Å². The Bertz CT molecular complexity index is 616. The van der Waals surface area contributed by atoms with Gasteiger partial charge in [-0.15, -0.1) is 11.3 Å². The number of aromatic nitrogens is 1. The van der Waals surface area contributed by atoms with E-state index in [2.05, 4.69) is 10.3 Å². The molecule has 4 nitrogen and oxygen atoms in total. The molecule has 2 rings (SSSR count). The molecule has 0 fully saturated rings. The Balaban J connectivity index is 1.90. The summed E-state index contributed by atoms with van der Waals surface area (Å²) in [5, 5.41) is 5.26. The van der Waals surface area contributed by atoms with Gasteiger partial charge in [-0.2, -0.15) is 11.8 Å². The second-order valence-corrected chi connectivity index (χ2v) is 6.64. The zero-order valence-electron chi connectivity index (χ0n) is 12.2. The second-order valence-electron chi connectivity index (χ2n) is 4.77. The standard InChI is InChI=1S/C15H18FN3OS2/c1-21-7-6-12(17)15-19-13(9-22-15)14(20)18-8-10-2-4-11(16)5-3-10/h2-5,9,12H,6-8,17H2,1H3,(H,18,20). The molecule has 1 atom stereocenters. The number of nitrogens with zero attached hydrogens (tertiary/aromatic N) is 1. The Morgan fingerprint density at radius 1 is 1.45 bits per heavy atom. The van der Waals surface area contributed by atoms with Crippen molar-refractivity contribution >= 4 is 29.0 Å². The number of benzene rings is 1. The molecular formula is C15H18FN3OS2. The van der Waals surface area contributed by atoms with Gasteiger partial charge in [-0.3, -0.25) is 4.79 Å². The van der Waals surface area contributed by atoms with Crippen molar-refractivity contribution in [3.8, 4) is 0 Å². The van der Waals surface area contributed by atoms with Crippen molar-refractivity contribution in [1.82, 2.24) is 10.3 Å². The van der Waals surface area contributed by atoms with Crippen molar-refractivity contribution in [3.05, 3.63) is 51.7 Å². The van der Waals surface area contributed by atoms with Crippen LogP contribution in [0.1, 0.15) is 33.5 Å². The normalized spacial score (nSPS) is 12.1. The van der Waals surface area contributed by atoms with Gasteiger partial charge in [0.25, 0.3) is 5.91 Å². The highest BCUT2D eigenvalue weighted by molar-refractivity contribution is 7.98. The molecule has 7 heteroatoms. The zero-order chi connectivity index (χ0) is 15.9. The van der Waals surface area contributed by atoms with Gasteiger partial charge < -0.3 is 11.1 Å². The highest BCUT2D eigenvalue weighted by Gasteiger charge is 2.14. The largest absolute Gasteiger partial charge is 0.347 e. The highest BCUT2D eigenvalue weighted by atomic mass is 32.2. The van der Waals surface area contributed by atoms with Crippen LogP contribution in [0.25, 0.3) is 0 Å². The van der Waals surface area contributed by atoms with Crippen LogP contribution in [0.4, 0.5) is 4.39 Å². The molecule has 0 aliphatic carbocycles. The number of halogens is 1. The summed E-state index contributed by atoms with van der Waals surface area (Å²) in [6.07, 6.45) is 2.87. The van der Waals surface area contributed by atoms with Gasteiger partial charge >= 0.3 is 0 Å². The van der Waals surface area contributed by atoms with E-state index in [-0.39, 0.29) is 17.8 Å². The lowest BCUT2D eigenvalue weighted by molar-refractivity contribution is 0.0946. The van der Waals surface area contributed by atoms with Crippen LogP contribution in [0.15, 0.2) is 29.6 Å². The minimum absolute atomic E-state index is 0.129. The van der Waals surface area contributed by atoms with Crippen LogP contribution >= 0.6 is 23.1 Å². The van der Waals surface area contributed by atoms with Crippen LogP contribution in [0.5, 0.6) is 0 Å². The van der Waals surface area contributed by atoms with Gasteiger partial charge in [0, 0.05) is 11.9 Å². The van der Waals surface area contributed by atoms with Crippen molar-refractivity contribution in [2.24, 2.45) is 5.73 Å². The predicted molar refractivity (Wildman–Crippen MR) is 89.6 cm³/mol. The molecule has 0 aliphatic heterocycles. The summed E-state index contributed by atoms with van der Waals surface area (Å²) in [6.45, 7) is 0.338. The molecule has 1 amide bonds. The average molecular weight is 339 g/mol. The fourth-order valence-electron chi connectivity index (χ4n) is 1.81. The van der Waals surface area contributed by atoms with Crippen LogP contribution < -0.4 is 11.1 Å². The first kappa shape index (κ1) is 16.9. The zero-order valence-corrected chi connectivity index (χ0v) is 13.8. The maximum atomic E-state index is 12.8. The van der Waals surface area contributed by atoms with Gasteiger partial charge in [-0.05, 0) is 36.1 Å². The lowest BCUT2D eigenvalue weighted by Gasteiger charge is -2.06.